The van der Waals surface area contributed by atoms with Crippen molar-refractivity contribution < 1.29 is 94.2 Å². The Kier molecular flexibility index (Phi) is 13.7. The number of Topliss-reactive ketones (excluding diaryl/α,β-unsaturated/α-hetero) is 1. The summed E-state index contributed by atoms with van der Waals surface area (Å²) in [5.41, 5.74) is -2.88. The largest absolute Gasteiger partial charge is 0.432 e. The number of fused-ring (bicyclic) bond motifs is 7. The fraction of sp³-hybridized carbons (Fsp3) is 0.917. The van der Waals surface area contributed by atoms with Crippen LogP contribution in [0.2, 0.25) is 0 Å². The molecule has 0 aromatic carbocycles. The third-order valence-electron chi connectivity index (χ3n) is 19.2. The topological polar surface area (TPSA) is 312 Å². The summed E-state index contributed by atoms with van der Waals surface area (Å²) in [4.78, 5) is 29.0. The molecule has 3 heterocycles. The Bertz CT molecular complexity index is 1890. The van der Waals surface area contributed by atoms with Gasteiger partial charge in [0, 0.05) is 17.8 Å². The lowest BCUT2D eigenvalue weighted by molar-refractivity contribution is -0.361. The first-order chi connectivity index (χ1) is 31.1. The maximum atomic E-state index is 15.0. The molecular formula is C48H76O19. The van der Waals surface area contributed by atoms with Crippen molar-refractivity contribution >= 4 is 11.8 Å². The number of aliphatic hydroxyl groups is 11. The van der Waals surface area contributed by atoms with Crippen LogP contribution in [0.4, 0.5) is 0 Å². The molecule has 19 heteroatoms. The van der Waals surface area contributed by atoms with Crippen LogP contribution in [0.1, 0.15) is 107 Å². The summed E-state index contributed by atoms with van der Waals surface area (Å²) >= 11 is 0. The van der Waals surface area contributed by atoms with Gasteiger partial charge in [-0.15, -0.1) is 0 Å². The summed E-state index contributed by atoms with van der Waals surface area (Å²) in [6.07, 6.45) is -20.5. The summed E-state index contributed by atoms with van der Waals surface area (Å²) in [7, 11) is 0. The van der Waals surface area contributed by atoms with Crippen LogP contribution in [0.25, 0.3) is 0 Å². The Balaban J connectivity index is 1.00. The van der Waals surface area contributed by atoms with Gasteiger partial charge in [0.25, 0.3) is 0 Å². The van der Waals surface area contributed by atoms with Crippen molar-refractivity contribution in [1.29, 1.82) is 0 Å². The molecule has 0 spiro atoms. The van der Waals surface area contributed by atoms with E-state index in [1.165, 1.54) is 6.92 Å². The van der Waals surface area contributed by atoms with Crippen LogP contribution in [-0.4, -0.2) is 185 Å². The average Bonchev–Trinajstić information content (AvgIpc) is 3.26. The second-order valence-electron chi connectivity index (χ2n) is 23.5. The number of allylic oxidation sites excluding steroid dienone is 1. The molecule has 11 N–H and O–H groups in total. The van der Waals surface area contributed by atoms with Gasteiger partial charge in [-0.05, 0) is 85.4 Å². The van der Waals surface area contributed by atoms with Crippen LogP contribution in [-0.2, 0) is 38.0 Å². The van der Waals surface area contributed by atoms with Gasteiger partial charge < -0.3 is 84.6 Å². The van der Waals surface area contributed by atoms with E-state index in [0.717, 1.165) is 24.8 Å². The van der Waals surface area contributed by atoms with E-state index in [2.05, 4.69) is 34.6 Å². The fourth-order valence-corrected chi connectivity index (χ4v) is 14.7. The van der Waals surface area contributed by atoms with Crippen molar-refractivity contribution in [2.75, 3.05) is 13.2 Å². The standard InChI is InChI=1S/C48H76O19/c1-20-29(53)31(55)34(58)40(63-20)66-37-24(18-49)64-39(36(60)33(37)57)62-19-25-30(54)32(56)35(59)41(65-25)67-42(61)48-14-13-46(7)21(22(48)16-43(2,3)28(52)17-48)15-23(50)38-45(6)11-10-27(51)44(4,5)26(45)9-12-47(38,46)8/h15,20,22-27,29-41,49-51,53-60H,9-14,16-19H2,1-8H3/t20-,22-,23+,24+,25+,26+,27+,29-,30+,31+,32-,33+,34+,35+,36+,37+,38+,39+,40-,41-,45-,46+,47+,48+/m0/s1. The van der Waals surface area contributed by atoms with Crippen molar-refractivity contribution in [2.45, 2.75) is 211 Å². The summed E-state index contributed by atoms with van der Waals surface area (Å²) in [6.45, 7) is 14.7. The highest BCUT2D eigenvalue weighted by Crippen LogP contribution is 2.75. The van der Waals surface area contributed by atoms with Crippen LogP contribution in [0.3, 0.4) is 0 Å². The van der Waals surface area contributed by atoms with Gasteiger partial charge in [-0.3, -0.25) is 9.59 Å². The number of rotatable bonds is 8. The predicted molar refractivity (Wildman–Crippen MR) is 231 cm³/mol. The molecule has 8 aliphatic rings. The van der Waals surface area contributed by atoms with Gasteiger partial charge in [0.2, 0.25) is 6.29 Å². The second-order valence-corrected chi connectivity index (χ2v) is 23.5. The molecule has 8 rings (SSSR count). The molecule has 0 bridgehead atoms. The molecule has 24 atom stereocenters. The van der Waals surface area contributed by atoms with E-state index in [4.69, 9.17) is 28.4 Å². The van der Waals surface area contributed by atoms with Crippen LogP contribution in [0.15, 0.2) is 11.6 Å². The zero-order valence-corrected chi connectivity index (χ0v) is 39.9. The van der Waals surface area contributed by atoms with E-state index in [1.807, 2.05) is 19.9 Å². The molecule has 0 amide bonds. The summed E-state index contributed by atoms with van der Waals surface area (Å²) in [5.74, 6) is -1.51. The fourth-order valence-electron chi connectivity index (χ4n) is 14.7. The quantitative estimate of drug-likeness (QED) is 0.106. The molecule has 7 fully saturated rings. The number of hydrogen-bond acceptors (Lipinski definition) is 19. The first-order valence-corrected chi connectivity index (χ1v) is 24.2. The van der Waals surface area contributed by atoms with Gasteiger partial charge in [-0.25, -0.2) is 0 Å². The Morgan fingerprint density at radius 1 is 0.716 bits per heavy atom. The van der Waals surface area contributed by atoms with Crippen LogP contribution < -0.4 is 0 Å². The summed E-state index contributed by atoms with van der Waals surface area (Å²) in [6, 6.07) is 0. The Hall–Kier alpha value is -1.76. The minimum atomic E-state index is -1.95. The molecule has 0 unspecified atom stereocenters. The normalized spacial score (nSPS) is 53.8. The lowest BCUT2D eigenvalue weighted by atomic mass is 9.33. The number of carbonyl (C=O) groups excluding carboxylic acids is 2. The van der Waals surface area contributed by atoms with Crippen LogP contribution in [0.5, 0.6) is 0 Å². The van der Waals surface area contributed by atoms with E-state index in [9.17, 15) is 65.8 Å². The van der Waals surface area contributed by atoms with Gasteiger partial charge in [0.1, 0.15) is 72.9 Å². The minimum Gasteiger partial charge on any atom is -0.432 e. The maximum absolute atomic E-state index is 15.0. The monoisotopic (exact) mass is 956 g/mol. The smallest absolute Gasteiger partial charge is 0.315 e. The summed E-state index contributed by atoms with van der Waals surface area (Å²) in [5, 5.41) is 120. The van der Waals surface area contributed by atoms with Crippen LogP contribution >= 0.6 is 0 Å². The number of aliphatic hydroxyl groups excluding tert-OH is 11. The third kappa shape index (κ3) is 7.92. The highest BCUT2D eigenvalue weighted by Gasteiger charge is 2.72. The Morgan fingerprint density at radius 3 is 2.01 bits per heavy atom. The second kappa shape index (κ2) is 17.8. The van der Waals surface area contributed by atoms with Gasteiger partial charge in [-0.2, -0.15) is 0 Å². The molecule has 3 saturated heterocycles. The first-order valence-electron chi connectivity index (χ1n) is 24.2. The molecule has 0 aromatic heterocycles. The van der Waals surface area contributed by atoms with Gasteiger partial charge in [0.05, 0.1) is 36.9 Å². The van der Waals surface area contributed by atoms with Crippen molar-refractivity contribution in [3.63, 3.8) is 0 Å². The zero-order chi connectivity index (χ0) is 49.3. The number of carbonyl (C=O) groups is 2. The molecule has 382 valence electrons. The van der Waals surface area contributed by atoms with Crippen molar-refractivity contribution in [3.05, 3.63) is 11.6 Å². The maximum Gasteiger partial charge on any atom is 0.315 e. The van der Waals surface area contributed by atoms with E-state index in [0.29, 0.717) is 12.8 Å². The number of ketones is 1. The van der Waals surface area contributed by atoms with E-state index >= 15 is 0 Å². The molecule has 4 saturated carbocycles. The first kappa shape index (κ1) is 51.6. The number of esters is 1. The average molecular weight is 957 g/mol. The molecule has 3 aliphatic heterocycles. The van der Waals surface area contributed by atoms with Crippen LogP contribution in [0, 0.1) is 50.2 Å². The SMILES string of the molecule is C[C@@H]1O[C@@H](O[C@H]2[C@H](O)[C@@H](O)[C@H](OC[C@H]3O[C@@H](OC(=O)[C@@]45CC[C@]6(C)C(=C[C@@H](O)[C@@H]7[C@@]8(C)CC[C@@H](O)C(C)(C)[C@H]8CC[C@]76C)[C@@H]4CC(C)(C)C(=O)C5)[C@H](O)[C@@H](O)[C@@H]3O)O[C@@H]2CO)[C@H](O)[C@H](O)[C@H]1O. The molecule has 19 nitrogen and oxygen atoms in total. The Morgan fingerprint density at radius 2 is 1.34 bits per heavy atom. The predicted octanol–water partition coefficient (Wildman–Crippen LogP) is -0.682. The highest BCUT2D eigenvalue weighted by molar-refractivity contribution is 5.92. The zero-order valence-electron chi connectivity index (χ0n) is 39.9. The summed E-state index contributed by atoms with van der Waals surface area (Å²) < 4.78 is 34.4. The molecule has 0 radical (unpaired) electrons. The van der Waals surface area contributed by atoms with Gasteiger partial charge >= 0.3 is 5.97 Å². The van der Waals surface area contributed by atoms with Gasteiger partial charge in [-0.1, -0.05) is 60.1 Å². The Labute approximate surface area is 391 Å². The van der Waals surface area contributed by atoms with Crippen molar-refractivity contribution in [1.82, 2.24) is 0 Å². The molecule has 0 aromatic rings. The number of ether oxygens (including phenoxy) is 6. The van der Waals surface area contributed by atoms with Gasteiger partial charge in [0.15, 0.2) is 12.6 Å². The lowest BCUT2D eigenvalue weighted by Gasteiger charge is -2.71. The number of hydrogen-bond donors (Lipinski definition) is 11. The molecular weight excluding hydrogens is 881 g/mol. The van der Waals surface area contributed by atoms with Crippen molar-refractivity contribution in [2.24, 2.45) is 50.2 Å². The van der Waals surface area contributed by atoms with Crippen molar-refractivity contribution in [3.8, 4) is 0 Å². The van der Waals surface area contributed by atoms with E-state index in [-0.39, 0.29) is 47.7 Å². The molecule has 5 aliphatic carbocycles. The lowest BCUT2D eigenvalue weighted by Crippen LogP contribution is -2.68. The van der Waals surface area contributed by atoms with E-state index < -0.39 is 151 Å². The highest BCUT2D eigenvalue weighted by atomic mass is 16.8. The van der Waals surface area contributed by atoms with E-state index in [1.54, 1.807) is 0 Å². The minimum absolute atomic E-state index is 0.137. The molecule has 67 heavy (non-hydrogen) atoms. The third-order valence-corrected chi connectivity index (χ3v) is 19.2.